The predicted octanol–water partition coefficient (Wildman–Crippen LogP) is 4.89. The number of hydroxylamine groups is 1. The van der Waals surface area contributed by atoms with Crippen LogP contribution in [0.25, 0.3) is 6.08 Å². The van der Waals surface area contributed by atoms with E-state index in [0.717, 1.165) is 11.1 Å². The molecule has 0 aliphatic carbocycles. The molecule has 6 nitrogen and oxygen atoms in total. The molecule has 2 aromatic rings. The molecule has 6 heteroatoms. The smallest absolute Gasteiger partial charge is 0.247 e. The number of hydrazine groups is 1. The fourth-order valence-electron chi connectivity index (χ4n) is 3.61. The van der Waals surface area contributed by atoms with Crippen LogP contribution < -0.4 is 16.3 Å². The molecular formula is C28H39N3O3. The molecule has 0 saturated heterocycles. The molecule has 0 heterocycles. The molecule has 0 radical (unpaired) electrons. The summed E-state index contributed by atoms with van der Waals surface area (Å²) in [6, 6.07) is 19.5. The van der Waals surface area contributed by atoms with Crippen LogP contribution in [0, 0.1) is 23.7 Å². The van der Waals surface area contributed by atoms with Crippen molar-refractivity contribution >= 4 is 17.9 Å². The zero-order valence-electron chi connectivity index (χ0n) is 20.8. The summed E-state index contributed by atoms with van der Waals surface area (Å²) < 4.78 is 0. The van der Waals surface area contributed by atoms with E-state index in [2.05, 4.69) is 44.0 Å². The molecule has 0 spiro atoms. The lowest BCUT2D eigenvalue weighted by atomic mass is 9.82. The molecule has 2 rings (SSSR count). The van der Waals surface area contributed by atoms with Gasteiger partial charge in [-0.25, -0.2) is 10.9 Å². The normalized spacial score (nSPS) is 13.2. The van der Waals surface area contributed by atoms with Crippen molar-refractivity contribution in [1.82, 2.24) is 16.3 Å². The third-order valence-corrected chi connectivity index (χ3v) is 5.36. The van der Waals surface area contributed by atoms with E-state index >= 15 is 0 Å². The zero-order valence-corrected chi connectivity index (χ0v) is 20.8. The number of amides is 2. The Kier molecular flexibility index (Phi) is 12.1. The van der Waals surface area contributed by atoms with E-state index in [1.165, 1.54) is 0 Å². The first-order chi connectivity index (χ1) is 16.4. The highest BCUT2D eigenvalue weighted by atomic mass is 16.6. The summed E-state index contributed by atoms with van der Waals surface area (Å²) in [5.74, 6) is -0.897. The monoisotopic (exact) mass is 465 g/mol. The topological polar surface area (TPSA) is 79.5 Å². The van der Waals surface area contributed by atoms with E-state index in [-0.39, 0.29) is 24.3 Å². The minimum absolute atomic E-state index is 0.175. The van der Waals surface area contributed by atoms with Gasteiger partial charge in [0.05, 0.1) is 18.4 Å². The van der Waals surface area contributed by atoms with Gasteiger partial charge < -0.3 is 0 Å². The molecule has 0 saturated carbocycles. The summed E-state index contributed by atoms with van der Waals surface area (Å²) in [5, 5.41) is 0. The summed E-state index contributed by atoms with van der Waals surface area (Å²) in [7, 11) is 0. The van der Waals surface area contributed by atoms with E-state index < -0.39 is 11.8 Å². The van der Waals surface area contributed by atoms with E-state index in [1.807, 2.05) is 72.8 Å². The number of nitrogens with one attached hydrogen (secondary N) is 3. The quantitative estimate of drug-likeness (QED) is 0.347. The van der Waals surface area contributed by atoms with Crippen LogP contribution in [0.3, 0.4) is 0 Å². The van der Waals surface area contributed by atoms with E-state index in [9.17, 15) is 9.59 Å². The second-order valence-electron chi connectivity index (χ2n) is 9.40. The van der Waals surface area contributed by atoms with Gasteiger partial charge in [-0.1, -0.05) is 101 Å². The van der Waals surface area contributed by atoms with Gasteiger partial charge in [-0.05, 0) is 35.8 Å². The van der Waals surface area contributed by atoms with Crippen molar-refractivity contribution in [2.45, 2.75) is 47.1 Å². The Morgan fingerprint density at radius 2 is 1.50 bits per heavy atom. The van der Waals surface area contributed by atoms with E-state index in [1.54, 1.807) is 0 Å². The summed E-state index contributed by atoms with van der Waals surface area (Å²) in [6.45, 7) is 9.17. The second-order valence-corrected chi connectivity index (χ2v) is 9.40. The fraction of sp³-hybridized carbons (Fsp3) is 0.429. The maximum atomic E-state index is 13.2. The molecule has 2 amide bonds. The summed E-state index contributed by atoms with van der Waals surface area (Å²) in [4.78, 5) is 31.8. The summed E-state index contributed by atoms with van der Waals surface area (Å²) >= 11 is 0. The van der Waals surface area contributed by atoms with Gasteiger partial charge >= 0.3 is 0 Å². The number of benzene rings is 2. The van der Waals surface area contributed by atoms with Gasteiger partial charge in [-0.15, -0.1) is 0 Å². The standard InChI is InChI=1S/C28H39N3O3/c1-21(2)18-26(27(32)30-29-19-22(3)4)25(17-11-16-23-12-7-5-8-13-23)28(33)31-34-20-24-14-9-6-10-15-24/h5-16,21-22,25-26,29H,17-20H2,1-4H3,(H,30,32)(H,31,33)/b16-11+/t25-,26+/m0/s1. The average Bonchev–Trinajstić information content (AvgIpc) is 2.81. The van der Waals surface area contributed by atoms with Crippen molar-refractivity contribution in [3.8, 4) is 0 Å². The summed E-state index contributed by atoms with van der Waals surface area (Å²) in [6.07, 6.45) is 4.95. The molecular weight excluding hydrogens is 426 g/mol. The van der Waals surface area contributed by atoms with E-state index in [4.69, 9.17) is 4.84 Å². The van der Waals surface area contributed by atoms with Crippen LogP contribution in [-0.2, 0) is 21.0 Å². The van der Waals surface area contributed by atoms with Gasteiger partial charge in [-0.3, -0.25) is 19.9 Å². The number of rotatable bonds is 14. The number of hydrogen-bond acceptors (Lipinski definition) is 4. The average molecular weight is 466 g/mol. The molecule has 0 bridgehead atoms. The number of allylic oxidation sites excluding steroid dienone is 1. The minimum Gasteiger partial charge on any atom is -0.291 e. The molecule has 2 aromatic carbocycles. The Balaban J connectivity index is 2.13. The molecule has 0 unspecified atom stereocenters. The van der Waals surface area contributed by atoms with Crippen LogP contribution in [0.5, 0.6) is 0 Å². The summed E-state index contributed by atoms with van der Waals surface area (Å²) in [5.41, 5.74) is 10.4. The molecule has 0 aromatic heterocycles. The van der Waals surface area contributed by atoms with Gasteiger partial charge in [0.25, 0.3) is 0 Å². The largest absolute Gasteiger partial charge is 0.291 e. The number of carbonyl (C=O) groups excluding carboxylic acids is 2. The van der Waals surface area contributed by atoms with E-state index in [0.29, 0.717) is 25.3 Å². The molecule has 0 fully saturated rings. The Morgan fingerprint density at radius 1 is 0.853 bits per heavy atom. The van der Waals surface area contributed by atoms with Crippen LogP contribution >= 0.6 is 0 Å². The van der Waals surface area contributed by atoms with Gasteiger partial charge in [0.2, 0.25) is 11.8 Å². The maximum absolute atomic E-state index is 13.2. The Bertz CT molecular complexity index is 882. The number of carbonyl (C=O) groups is 2. The first kappa shape index (κ1) is 27.3. The lowest BCUT2D eigenvalue weighted by molar-refractivity contribution is -0.145. The SMILES string of the molecule is CC(C)CNNC(=O)[C@H](CC(C)C)[C@H](C/C=C/c1ccccc1)C(=O)NOCc1ccccc1. The van der Waals surface area contributed by atoms with Crippen LogP contribution in [0.4, 0.5) is 0 Å². The van der Waals surface area contributed by atoms with Crippen molar-refractivity contribution < 1.29 is 14.4 Å². The number of hydrogen-bond donors (Lipinski definition) is 3. The second kappa shape index (κ2) is 15.0. The maximum Gasteiger partial charge on any atom is 0.247 e. The first-order valence-electron chi connectivity index (χ1n) is 12.1. The minimum atomic E-state index is -0.570. The Labute approximate surface area is 204 Å². The molecule has 34 heavy (non-hydrogen) atoms. The fourth-order valence-corrected chi connectivity index (χ4v) is 3.61. The van der Waals surface area contributed by atoms with Crippen LogP contribution in [-0.4, -0.2) is 18.4 Å². The van der Waals surface area contributed by atoms with Crippen molar-refractivity contribution in [2.75, 3.05) is 6.54 Å². The Morgan fingerprint density at radius 3 is 2.12 bits per heavy atom. The van der Waals surface area contributed by atoms with Crippen LogP contribution in [0.2, 0.25) is 0 Å². The lowest BCUT2D eigenvalue weighted by Crippen LogP contribution is -2.47. The molecule has 0 aliphatic rings. The van der Waals surface area contributed by atoms with Gasteiger partial charge in [0.1, 0.15) is 0 Å². The molecule has 3 N–H and O–H groups in total. The predicted molar refractivity (Wildman–Crippen MR) is 137 cm³/mol. The van der Waals surface area contributed by atoms with Crippen molar-refractivity contribution in [3.63, 3.8) is 0 Å². The van der Waals surface area contributed by atoms with Gasteiger partial charge in [-0.2, -0.15) is 0 Å². The first-order valence-corrected chi connectivity index (χ1v) is 12.1. The third kappa shape index (κ3) is 10.3. The van der Waals surface area contributed by atoms with Crippen molar-refractivity contribution in [3.05, 3.63) is 77.9 Å². The van der Waals surface area contributed by atoms with Crippen molar-refractivity contribution in [1.29, 1.82) is 0 Å². The van der Waals surface area contributed by atoms with Gasteiger partial charge in [0.15, 0.2) is 0 Å². The highest BCUT2D eigenvalue weighted by Gasteiger charge is 2.33. The van der Waals surface area contributed by atoms with Crippen molar-refractivity contribution in [2.24, 2.45) is 23.7 Å². The zero-order chi connectivity index (χ0) is 24.8. The highest BCUT2D eigenvalue weighted by molar-refractivity contribution is 5.87. The molecule has 0 aliphatic heterocycles. The van der Waals surface area contributed by atoms with Gasteiger partial charge in [0, 0.05) is 6.54 Å². The van der Waals surface area contributed by atoms with Crippen LogP contribution in [0.15, 0.2) is 66.7 Å². The highest BCUT2D eigenvalue weighted by Crippen LogP contribution is 2.25. The Hall–Kier alpha value is -2.96. The van der Waals surface area contributed by atoms with Crippen LogP contribution in [0.1, 0.15) is 51.7 Å². The lowest BCUT2D eigenvalue weighted by Gasteiger charge is -2.26. The third-order valence-electron chi connectivity index (χ3n) is 5.36. The molecule has 184 valence electrons. The molecule has 2 atom stereocenters.